The highest BCUT2D eigenvalue weighted by atomic mass is 16.3. The van der Waals surface area contributed by atoms with Crippen molar-refractivity contribution >= 4 is 6.03 Å². The average Bonchev–Trinajstić information content (AvgIpc) is 3.13. The molecule has 136 valence electrons. The molecular weight excluding hydrogens is 328 g/mol. The third-order valence-corrected chi connectivity index (χ3v) is 6.36. The maximum atomic E-state index is 12.6. The van der Waals surface area contributed by atoms with E-state index < -0.39 is 0 Å². The first-order chi connectivity index (χ1) is 12.7. The molecule has 6 nitrogen and oxygen atoms in total. The van der Waals surface area contributed by atoms with E-state index in [9.17, 15) is 4.79 Å². The van der Waals surface area contributed by atoms with E-state index in [1.165, 1.54) is 19.3 Å². The highest BCUT2D eigenvalue weighted by Crippen LogP contribution is 2.55. The van der Waals surface area contributed by atoms with E-state index in [0.29, 0.717) is 23.7 Å². The van der Waals surface area contributed by atoms with Gasteiger partial charge >= 0.3 is 6.03 Å². The number of furan rings is 1. The fourth-order valence-corrected chi connectivity index (χ4v) is 5.83. The molecule has 4 fully saturated rings. The Morgan fingerprint density at radius 2 is 1.81 bits per heavy atom. The van der Waals surface area contributed by atoms with Crippen molar-refractivity contribution in [2.24, 2.45) is 17.8 Å². The van der Waals surface area contributed by atoms with Crippen LogP contribution < -0.4 is 10.6 Å². The lowest BCUT2D eigenvalue weighted by Gasteiger charge is -2.56. The second kappa shape index (κ2) is 6.11. The van der Waals surface area contributed by atoms with E-state index in [1.54, 1.807) is 18.7 Å². The van der Waals surface area contributed by atoms with Crippen LogP contribution in [0.1, 0.15) is 44.2 Å². The van der Waals surface area contributed by atoms with E-state index >= 15 is 0 Å². The quantitative estimate of drug-likeness (QED) is 0.882. The van der Waals surface area contributed by atoms with Gasteiger partial charge in [-0.3, -0.25) is 4.98 Å². The lowest BCUT2D eigenvalue weighted by Crippen LogP contribution is -2.61. The average molecular weight is 352 g/mol. The minimum atomic E-state index is -0.0944. The van der Waals surface area contributed by atoms with Crippen molar-refractivity contribution in [2.75, 3.05) is 0 Å². The lowest BCUT2D eigenvalue weighted by molar-refractivity contribution is -0.0135. The van der Waals surface area contributed by atoms with E-state index in [-0.39, 0.29) is 11.6 Å². The van der Waals surface area contributed by atoms with Crippen molar-refractivity contribution in [3.05, 3.63) is 36.5 Å². The fourth-order valence-electron chi connectivity index (χ4n) is 5.83. The first kappa shape index (κ1) is 15.9. The zero-order chi connectivity index (χ0) is 17.6. The molecule has 0 atom stereocenters. The summed E-state index contributed by atoms with van der Waals surface area (Å²) in [5, 5.41) is 6.31. The molecule has 4 bridgehead atoms. The van der Waals surface area contributed by atoms with Crippen LogP contribution in [0.4, 0.5) is 4.79 Å². The van der Waals surface area contributed by atoms with Crippen LogP contribution in [0.5, 0.6) is 0 Å². The van der Waals surface area contributed by atoms with Gasteiger partial charge in [-0.2, -0.15) is 0 Å². The molecule has 0 saturated heterocycles. The lowest BCUT2D eigenvalue weighted by atomic mass is 9.53. The maximum absolute atomic E-state index is 12.6. The van der Waals surface area contributed by atoms with Crippen LogP contribution in [-0.2, 0) is 6.54 Å². The SMILES string of the molecule is O=C(NCc1nccnc1-c1ccco1)NC12CC3CC(CC(C3)C1)C2. The molecule has 0 radical (unpaired) electrons. The van der Waals surface area contributed by atoms with E-state index in [2.05, 4.69) is 20.6 Å². The van der Waals surface area contributed by atoms with Crippen LogP contribution in [0.25, 0.3) is 11.5 Å². The number of nitrogens with one attached hydrogen (secondary N) is 2. The van der Waals surface area contributed by atoms with Crippen LogP contribution in [-0.4, -0.2) is 21.5 Å². The molecule has 26 heavy (non-hydrogen) atoms. The van der Waals surface area contributed by atoms with Gasteiger partial charge in [-0.05, 0) is 68.4 Å². The maximum Gasteiger partial charge on any atom is 0.315 e. The molecule has 4 aliphatic carbocycles. The Hall–Kier alpha value is -2.37. The Morgan fingerprint density at radius 1 is 1.12 bits per heavy atom. The molecule has 6 heteroatoms. The van der Waals surface area contributed by atoms with Gasteiger partial charge in [0.05, 0.1) is 18.5 Å². The first-order valence-corrected chi connectivity index (χ1v) is 9.59. The molecule has 2 N–H and O–H groups in total. The molecule has 0 aliphatic heterocycles. The van der Waals surface area contributed by atoms with Gasteiger partial charge in [-0.25, -0.2) is 9.78 Å². The van der Waals surface area contributed by atoms with Crippen molar-refractivity contribution in [2.45, 2.75) is 50.6 Å². The third kappa shape index (κ3) is 2.87. The summed E-state index contributed by atoms with van der Waals surface area (Å²) in [6.07, 6.45) is 12.4. The van der Waals surface area contributed by atoms with Crippen molar-refractivity contribution < 1.29 is 9.21 Å². The molecule has 0 spiro atoms. The van der Waals surface area contributed by atoms with Crippen molar-refractivity contribution in [1.82, 2.24) is 20.6 Å². The number of carbonyl (C=O) groups is 1. The molecule has 2 heterocycles. The van der Waals surface area contributed by atoms with Gasteiger partial charge < -0.3 is 15.1 Å². The summed E-state index contributed by atoms with van der Waals surface area (Å²) in [4.78, 5) is 21.3. The van der Waals surface area contributed by atoms with Gasteiger partial charge in [0, 0.05) is 17.9 Å². The molecular formula is C20H24N4O2. The number of aromatic nitrogens is 2. The van der Waals surface area contributed by atoms with Crippen molar-refractivity contribution in [1.29, 1.82) is 0 Å². The smallest absolute Gasteiger partial charge is 0.315 e. The van der Waals surface area contributed by atoms with Gasteiger partial charge in [-0.1, -0.05) is 0 Å². The molecule has 4 saturated carbocycles. The fraction of sp³-hybridized carbons (Fsp3) is 0.550. The summed E-state index contributed by atoms with van der Waals surface area (Å²) in [6.45, 7) is 0.335. The molecule has 6 rings (SSSR count). The monoisotopic (exact) mass is 352 g/mol. The Balaban J connectivity index is 1.25. The summed E-state index contributed by atoms with van der Waals surface area (Å²) in [5.41, 5.74) is 1.40. The summed E-state index contributed by atoms with van der Waals surface area (Å²) in [7, 11) is 0. The van der Waals surface area contributed by atoms with E-state index in [4.69, 9.17) is 4.42 Å². The minimum absolute atomic E-state index is 0.0189. The standard InChI is InChI=1S/C20H24N4O2/c25-19(24-20-9-13-6-14(10-20)8-15(7-13)11-20)23-12-16-18(22-4-3-21-16)17-2-1-5-26-17/h1-5,13-15H,6-12H2,(H2,23,24,25). The van der Waals surface area contributed by atoms with Gasteiger partial charge in [0.1, 0.15) is 5.69 Å². The Labute approximate surface area is 152 Å². The zero-order valence-electron chi connectivity index (χ0n) is 14.8. The van der Waals surface area contributed by atoms with E-state index in [0.717, 1.165) is 37.0 Å². The number of hydrogen-bond acceptors (Lipinski definition) is 4. The number of nitrogens with zero attached hydrogens (tertiary/aromatic N) is 2. The predicted octanol–water partition coefficient (Wildman–Crippen LogP) is 3.50. The highest BCUT2D eigenvalue weighted by molar-refractivity contribution is 5.75. The summed E-state index contributed by atoms with van der Waals surface area (Å²) in [6, 6.07) is 3.58. The number of urea groups is 1. The van der Waals surface area contributed by atoms with Crippen LogP contribution in [0.15, 0.2) is 35.2 Å². The summed E-state index contributed by atoms with van der Waals surface area (Å²) >= 11 is 0. The topological polar surface area (TPSA) is 80.1 Å². The van der Waals surface area contributed by atoms with Crippen LogP contribution in [0.3, 0.4) is 0 Å². The summed E-state index contributed by atoms with van der Waals surface area (Å²) < 4.78 is 5.43. The van der Waals surface area contributed by atoms with Crippen molar-refractivity contribution in [3.8, 4) is 11.5 Å². The third-order valence-electron chi connectivity index (χ3n) is 6.36. The van der Waals surface area contributed by atoms with Gasteiger partial charge in [-0.15, -0.1) is 0 Å². The number of hydrogen-bond donors (Lipinski definition) is 2. The molecule has 2 aromatic heterocycles. The molecule has 0 aromatic carbocycles. The van der Waals surface area contributed by atoms with Crippen LogP contribution >= 0.6 is 0 Å². The van der Waals surface area contributed by atoms with Gasteiger partial charge in [0.25, 0.3) is 0 Å². The van der Waals surface area contributed by atoms with Gasteiger partial charge in [0.2, 0.25) is 0 Å². The zero-order valence-corrected chi connectivity index (χ0v) is 14.8. The van der Waals surface area contributed by atoms with Gasteiger partial charge in [0.15, 0.2) is 5.76 Å². The second-order valence-electron chi connectivity index (χ2n) is 8.33. The second-order valence-corrected chi connectivity index (χ2v) is 8.33. The Bertz CT molecular complexity index is 767. The largest absolute Gasteiger partial charge is 0.463 e. The number of rotatable bonds is 4. The normalized spacial score (nSPS) is 31.8. The van der Waals surface area contributed by atoms with Crippen molar-refractivity contribution in [3.63, 3.8) is 0 Å². The molecule has 0 unspecified atom stereocenters. The van der Waals surface area contributed by atoms with Crippen LogP contribution in [0, 0.1) is 17.8 Å². The summed E-state index contributed by atoms with van der Waals surface area (Å²) in [5.74, 6) is 3.10. The molecule has 2 aromatic rings. The van der Waals surface area contributed by atoms with Crippen LogP contribution in [0.2, 0.25) is 0 Å². The van der Waals surface area contributed by atoms with E-state index in [1.807, 2.05) is 12.1 Å². The molecule has 4 aliphatic rings. The number of amides is 2. The minimum Gasteiger partial charge on any atom is -0.463 e. The number of carbonyl (C=O) groups excluding carboxylic acids is 1. The predicted molar refractivity (Wildman–Crippen MR) is 96.0 cm³/mol. The Kier molecular flexibility index (Phi) is 3.72. The first-order valence-electron chi connectivity index (χ1n) is 9.59. The highest BCUT2D eigenvalue weighted by Gasteiger charge is 2.51. The molecule has 2 amide bonds. The Morgan fingerprint density at radius 3 is 2.46 bits per heavy atom.